The number of carbonyl (C=O) groups excluding carboxylic acids is 2. The second-order valence-corrected chi connectivity index (χ2v) is 4.34. The number of rotatable bonds is 1. The van der Waals surface area contributed by atoms with E-state index in [1.54, 1.807) is 6.92 Å². The van der Waals surface area contributed by atoms with E-state index in [4.69, 9.17) is 0 Å². The molecule has 3 heteroatoms. The molecule has 0 N–H and O–H groups in total. The summed E-state index contributed by atoms with van der Waals surface area (Å²) < 4.78 is 0. The zero-order valence-electron chi connectivity index (χ0n) is 6.63. The third kappa shape index (κ3) is 3.06. The molecule has 0 spiro atoms. The van der Waals surface area contributed by atoms with E-state index in [1.807, 2.05) is 0 Å². The SMILES string of the molecule is CC(=O)S[C@@H]1CCCC(=O)C1. The minimum Gasteiger partial charge on any atom is -0.300 e. The number of hydrogen-bond acceptors (Lipinski definition) is 3. The molecule has 1 atom stereocenters. The van der Waals surface area contributed by atoms with Crippen molar-refractivity contribution in [3.05, 3.63) is 0 Å². The van der Waals surface area contributed by atoms with Crippen LogP contribution in [0.3, 0.4) is 0 Å². The maximum absolute atomic E-state index is 10.9. The first kappa shape index (κ1) is 8.78. The highest BCUT2D eigenvalue weighted by molar-refractivity contribution is 8.14. The Balaban J connectivity index is 2.34. The molecule has 1 rings (SSSR count). The van der Waals surface area contributed by atoms with Crippen molar-refractivity contribution in [3.63, 3.8) is 0 Å². The third-order valence-electron chi connectivity index (χ3n) is 1.77. The van der Waals surface area contributed by atoms with Gasteiger partial charge in [0.05, 0.1) is 0 Å². The van der Waals surface area contributed by atoms with E-state index in [0.717, 1.165) is 19.3 Å². The summed E-state index contributed by atoms with van der Waals surface area (Å²) in [7, 11) is 0. The summed E-state index contributed by atoms with van der Waals surface area (Å²) in [6.45, 7) is 1.56. The highest BCUT2D eigenvalue weighted by atomic mass is 32.2. The Morgan fingerprint density at radius 3 is 2.91 bits per heavy atom. The van der Waals surface area contributed by atoms with Gasteiger partial charge in [0, 0.05) is 25.0 Å². The molecule has 0 bridgehead atoms. The predicted octanol–water partition coefficient (Wildman–Crippen LogP) is 1.78. The van der Waals surface area contributed by atoms with Gasteiger partial charge in [-0.05, 0) is 12.8 Å². The fraction of sp³-hybridized carbons (Fsp3) is 0.750. The Labute approximate surface area is 70.7 Å². The van der Waals surface area contributed by atoms with Crippen molar-refractivity contribution in [2.45, 2.75) is 37.9 Å². The molecule has 1 fully saturated rings. The maximum Gasteiger partial charge on any atom is 0.186 e. The molecule has 0 amide bonds. The first-order valence-corrected chi connectivity index (χ1v) is 4.75. The van der Waals surface area contributed by atoms with E-state index in [1.165, 1.54) is 11.8 Å². The van der Waals surface area contributed by atoms with Crippen LogP contribution in [0.2, 0.25) is 0 Å². The van der Waals surface area contributed by atoms with Gasteiger partial charge in [0.1, 0.15) is 5.78 Å². The summed E-state index contributed by atoms with van der Waals surface area (Å²) in [5, 5.41) is 0.401. The van der Waals surface area contributed by atoms with Crippen LogP contribution in [-0.2, 0) is 9.59 Å². The van der Waals surface area contributed by atoms with Gasteiger partial charge < -0.3 is 0 Å². The van der Waals surface area contributed by atoms with Crippen molar-refractivity contribution in [1.29, 1.82) is 0 Å². The van der Waals surface area contributed by atoms with Crippen molar-refractivity contribution in [2.75, 3.05) is 0 Å². The first-order chi connectivity index (χ1) is 5.18. The van der Waals surface area contributed by atoms with Crippen molar-refractivity contribution in [3.8, 4) is 0 Å². The summed E-state index contributed by atoms with van der Waals surface area (Å²) in [6.07, 6.45) is 3.30. The first-order valence-electron chi connectivity index (χ1n) is 3.87. The minimum atomic E-state index is 0.129. The van der Waals surface area contributed by atoms with Crippen molar-refractivity contribution >= 4 is 22.7 Å². The van der Waals surface area contributed by atoms with Crippen molar-refractivity contribution in [1.82, 2.24) is 0 Å². The molecule has 0 aromatic heterocycles. The van der Waals surface area contributed by atoms with E-state index in [-0.39, 0.29) is 10.4 Å². The van der Waals surface area contributed by atoms with Gasteiger partial charge in [0.2, 0.25) is 0 Å². The lowest BCUT2D eigenvalue weighted by atomic mass is 9.99. The van der Waals surface area contributed by atoms with Crippen LogP contribution in [0, 0.1) is 0 Å². The predicted molar refractivity (Wildman–Crippen MR) is 45.5 cm³/mol. The van der Waals surface area contributed by atoms with Crippen LogP contribution in [0.5, 0.6) is 0 Å². The maximum atomic E-state index is 10.9. The Morgan fingerprint density at radius 1 is 1.64 bits per heavy atom. The zero-order chi connectivity index (χ0) is 8.27. The smallest absolute Gasteiger partial charge is 0.186 e. The summed E-state index contributed by atoms with van der Waals surface area (Å²) in [5.74, 6) is 0.315. The molecular weight excluding hydrogens is 160 g/mol. The van der Waals surface area contributed by atoms with Crippen molar-refractivity contribution in [2.24, 2.45) is 0 Å². The molecule has 11 heavy (non-hydrogen) atoms. The topological polar surface area (TPSA) is 34.1 Å². The van der Waals surface area contributed by atoms with Crippen LogP contribution in [0.4, 0.5) is 0 Å². The molecule has 0 aromatic rings. The Hall–Kier alpha value is -0.310. The quantitative estimate of drug-likeness (QED) is 0.604. The van der Waals surface area contributed by atoms with Gasteiger partial charge in [-0.2, -0.15) is 0 Å². The minimum absolute atomic E-state index is 0.129. The number of carbonyl (C=O) groups is 2. The van der Waals surface area contributed by atoms with Crippen molar-refractivity contribution < 1.29 is 9.59 Å². The van der Waals surface area contributed by atoms with E-state index in [2.05, 4.69) is 0 Å². The average Bonchev–Trinajstić information content (AvgIpc) is 1.85. The van der Waals surface area contributed by atoms with E-state index in [9.17, 15) is 9.59 Å². The normalized spacial score (nSPS) is 25.2. The van der Waals surface area contributed by atoms with Gasteiger partial charge in [-0.25, -0.2) is 0 Å². The molecule has 1 aliphatic rings. The van der Waals surface area contributed by atoms with E-state index >= 15 is 0 Å². The molecule has 0 aromatic carbocycles. The molecule has 0 aliphatic heterocycles. The highest BCUT2D eigenvalue weighted by Crippen LogP contribution is 2.26. The van der Waals surface area contributed by atoms with Gasteiger partial charge in [-0.15, -0.1) is 0 Å². The van der Waals surface area contributed by atoms with Gasteiger partial charge in [-0.1, -0.05) is 11.8 Å². The van der Waals surface area contributed by atoms with Gasteiger partial charge >= 0.3 is 0 Å². The molecule has 1 aliphatic carbocycles. The standard InChI is InChI=1S/C8H12O2S/c1-6(9)11-8-4-2-3-7(10)5-8/h8H,2-5H2,1H3/t8-/m1/s1. The molecule has 0 saturated heterocycles. The highest BCUT2D eigenvalue weighted by Gasteiger charge is 2.20. The van der Waals surface area contributed by atoms with Crippen LogP contribution in [0.15, 0.2) is 0 Å². The molecule has 1 saturated carbocycles. The molecule has 62 valence electrons. The zero-order valence-corrected chi connectivity index (χ0v) is 7.45. The van der Waals surface area contributed by atoms with Crippen LogP contribution < -0.4 is 0 Å². The fourth-order valence-electron chi connectivity index (χ4n) is 1.32. The number of thioether (sulfide) groups is 1. The van der Waals surface area contributed by atoms with Crippen LogP contribution in [0.1, 0.15) is 32.6 Å². The summed E-state index contributed by atoms with van der Waals surface area (Å²) in [4.78, 5) is 21.6. The Morgan fingerprint density at radius 2 is 2.36 bits per heavy atom. The average molecular weight is 172 g/mol. The fourth-order valence-corrected chi connectivity index (χ4v) is 2.34. The third-order valence-corrected chi connectivity index (χ3v) is 2.84. The number of Topliss-reactive ketones (excluding diaryl/α,β-unsaturated/α-hetero) is 1. The summed E-state index contributed by atoms with van der Waals surface area (Å²) in [6, 6.07) is 0. The molecule has 0 radical (unpaired) electrons. The molecule has 2 nitrogen and oxygen atoms in total. The van der Waals surface area contributed by atoms with Crippen LogP contribution >= 0.6 is 11.8 Å². The van der Waals surface area contributed by atoms with Gasteiger partial charge in [0.25, 0.3) is 0 Å². The lowest BCUT2D eigenvalue weighted by Gasteiger charge is -2.18. The Kier molecular flexibility index (Phi) is 3.12. The lowest BCUT2D eigenvalue weighted by molar-refractivity contribution is -0.120. The Bertz CT molecular complexity index is 175. The molecule has 0 heterocycles. The van der Waals surface area contributed by atoms with Gasteiger partial charge in [-0.3, -0.25) is 9.59 Å². The van der Waals surface area contributed by atoms with Gasteiger partial charge in [0.15, 0.2) is 5.12 Å². The van der Waals surface area contributed by atoms with Crippen LogP contribution in [0.25, 0.3) is 0 Å². The lowest BCUT2D eigenvalue weighted by Crippen LogP contribution is -2.17. The summed E-state index contributed by atoms with van der Waals surface area (Å²) in [5.41, 5.74) is 0. The second-order valence-electron chi connectivity index (χ2n) is 2.87. The van der Waals surface area contributed by atoms with Crippen LogP contribution in [-0.4, -0.2) is 16.1 Å². The largest absolute Gasteiger partial charge is 0.300 e. The number of ketones is 1. The number of hydrogen-bond donors (Lipinski definition) is 0. The summed E-state index contributed by atoms with van der Waals surface area (Å²) >= 11 is 1.32. The van der Waals surface area contributed by atoms with E-state index in [0.29, 0.717) is 12.2 Å². The monoisotopic (exact) mass is 172 g/mol. The second kappa shape index (κ2) is 3.90. The molecule has 0 unspecified atom stereocenters. The van der Waals surface area contributed by atoms with E-state index < -0.39 is 0 Å². The molecular formula is C8H12O2S.